The van der Waals surface area contributed by atoms with E-state index in [1.54, 1.807) is 7.11 Å². The van der Waals surface area contributed by atoms with E-state index in [2.05, 4.69) is 13.0 Å². The Kier molecular flexibility index (Phi) is 1.17. The van der Waals surface area contributed by atoms with Crippen LogP contribution in [-0.2, 0) is 9.47 Å². The molecule has 3 atom stereocenters. The van der Waals surface area contributed by atoms with Crippen molar-refractivity contribution in [2.24, 2.45) is 5.92 Å². The summed E-state index contributed by atoms with van der Waals surface area (Å²) in [6.07, 6.45) is 5.54. The van der Waals surface area contributed by atoms with Gasteiger partial charge >= 0.3 is 0 Å². The first-order valence-corrected chi connectivity index (χ1v) is 3.69. The lowest BCUT2D eigenvalue weighted by molar-refractivity contribution is -0.175. The zero-order chi connectivity index (χ0) is 7.19. The third-order valence-electron chi connectivity index (χ3n) is 2.47. The van der Waals surface area contributed by atoms with Crippen LogP contribution in [0.4, 0.5) is 0 Å². The average molecular weight is 140 g/mol. The van der Waals surface area contributed by atoms with Crippen LogP contribution in [0.15, 0.2) is 12.2 Å². The molecule has 0 aromatic carbocycles. The highest BCUT2D eigenvalue weighted by Gasteiger charge is 2.48. The molecular weight excluding hydrogens is 128 g/mol. The van der Waals surface area contributed by atoms with Crippen molar-refractivity contribution < 1.29 is 9.47 Å². The van der Waals surface area contributed by atoms with Gasteiger partial charge in [0.1, 0.15) is 0 Å². The molecule has 0 saturated carbocycles. The molecule has 3 unspecified atom stereocenters. The molecule has 2 aliphatic heterocycles. The van der Waals surface area contributed by atoms with Gasteiger partial charge < -0.3 is 9.47 Å². The Morgan fingerprint density at radius 1 is 1.70 bits per heavy atom. The summed E-state index contributed by atoms with van der Waals surface area (Å²) in [6, 6.07) is 0. The fraction of sp³-hybridized carbons (Fsp3) is 0.750. The molecule has 56 valence electrons. The molecule has 0 aliphatic carbocycles. The summed E-state index contributed by atoms with van der Waals surface area (Å²) >= 11 is 0. The minimum absolute atomic E-state index is 0.315. The van der Waals surface area contributed by atoms with Crippen molar-refractivity contribution in [3.8, 4) is 0 Å². The van der Waals surface area contributed by atoms with E-state index >= 15 is 0 Å². The standard InChI is InChI=1S/C8H12O2/c1-6-5-7-3-4-8(6,9-2)10-7/h3-4,6-7H,5H2,1-2H3. The van der Waals surface area contributed by atoms with Crippen molar-refractivity contribution in [1.29, 1.82) is 0 Å². The maximum atomic E-state index is 5.59. The minimum atomic E-state index is -0.370. The molecule has 1 saturated heterocycles. The van der Waals surface area contributed by atoms with Crippen LogP contribution >= 0.6 is 0 Å². The molecule has 1 fully saturated rings. The van der Waals surface area contributed by atoms with Gasteiger partial charge in [0.05, 0.1) is 6.10 Å². The summed E-state index contributed by atoms with van der Waals surface area (Å²) in [5.74, 6) is 0.137. The first-order chi connectivity index (χ1) is 4.77. The molecule has 0 spiro atoms. The van der Waals surface area contributed by atoms with Gasteiger partial charge in [0, 0.05) is 13.0 Å². The monoisotopic (exact) mass is 140 g/mol. The second-order valence-corrected chi connectivity index (χ2v) is 3.08. The highest BCUT2D eigenvalue weighted by Crippen LogP contribution is 2.42. The normalized spacial score (nSPS) is 50.6. The third kappa shape index (κ3) is 0.607. The zero-order valence-corrected chi connectivity index (χ0v) is 6.33. The molecule has 0 aromatic heterocycles. The van der Waals surface area contributed by atoms with Crippen LogP contribution < -0.4 is 0 Å². The molecule has 0 aromatic rings. The molecule has 2 heteroatoms. The van der Waals surface area contributed by atoms with Crippen LogP contribution in [0.25, 0.3) is 0 Å². The summed E-state index contributed by atoms with van der Waals surface area (Å²) in [6.45, 7) is 2.16. The average Bonchev–Trinajstić information content (AvgIpc) is 2.44. The van der Waals surface area contributed by atoms with Crippen LogP contribution in [0.5, 0.6) is 0 Å². The summed E-state index contributed by atoms with van der Waals surface area (Å²) in [7, 11) is 1.70. The zero-order valence-electron chi connectivity index (χ0n) is 6.33. The van der Waals surface area contributed by atoms with Crippen molar-refractivity contribution in [2.45, 2.75) is 25.2 Å². The van der Waals surface area contributed by atoms with Crippen molar-refractivity contribution in [1.82, 2.24) is 0 Å². The predicted octanol–water partition coefficient (Wildman–Crippen LogP) is 1.32. The van der Waals surface area contributed by atoms with Crippen LogP contribution in [0.3, 0.4) is 0 Å². The van der Waals surface area contributed by atoms with E-state index in [0.717, 1.165) is 6.42 Å². The summed E-state index contributed by atoms with van der Waals surface area (Å²) in [5, 5.41) is 0. The van der Waals surface area contributed by atoms with Gasteiger partial charge in [-0.3, -0.25) is 0 Å². The summed E-state index contributed by atoms with van der Waals surface area (Å²) in [5.41, 5.74) is 0. The fourth-order valence-electron chi connectivity index (χ4n) is 1.79. The van der Waals surface area contributed by atoms with Crippen molar-refractivity contribution >= 4 is 0 Å². The molecule has 2 nitrogen and oxygen atoms in total. The summed E-state index contributed by atoms with van der Waals surface area (Å²) < 4.78 is 10.9. The highest BCUT2D eigenvalue weighted by molar-refractivity contribution is 5.15. The van der Waals surface area contributed by atoms with E-state index in [0.29, 0.717) is 12.0 Å². The second kappa shape index (κ2) is 1.83. The van der Waals surface area contributed by atoms with Crippen LogP contribution in [0.1, 0.15) is 13.3 Å². The van der Waals surface area contributed by atoms with Crippen molar-refractivity contribution in [3.05, 3.63) is 12.2 Å². The third-order valence-corrected chi connectivity index (χ3v) is 2.47. The minimum Gasteiger partial charge on any atom is -0.349 e. The van der Waals surface area contributed by atoms with E-state index in [1.807, 2.05) is 6.08 Å². The van der Waals surface area contributed by atoms with Gasteiger partial charge in [-0.25, -0.2) is 0 Å². The molecule has 2 bridgehead atoms. The van der Waals surface area contributed by atoms with Gasteiger partial charge in [-0.05, 0) is 12.5 Å². The van der Waals surface area contributed by atoms with E-state index in [4.69, 9.17) is 9.47 Å². The van der Waals surface area contributed by atoms with E-state index < -0.39 is 0 Å². The van der Waals surface area contributed by atoms with Crippen molar-refractivity contribution in [3.63, 3.8) is 0 Å². The Bertz CT molecular complexity index is 176. The van der Waals surface area contributed by atoms with Gasteiger partial charge in [0.15, 0.2) is 5.79 Å². The first-order valence-electron chi connectivity index (χ1n) is 3.69. The number of rotatable bonds is 1. The Balaban J connectivity index is 2.28. The van der Waals surface area contributed by atoms with E-state index in [1.165, 1.54) is 0 Å². The van der Waals surface area contributed by atoms with E-state index in [9.17, 15) is 0 Å². The Labute approximate surface area is 60.8 Å². The Hall–Kier alpha value is -0.340. The quantitative estimate of drug-likeness (QED) is 0.511. The maximum absolute atomic E-state index is 5.59. The molecule has 2 heterocycles. The fourth-order valence-corrected chi connectivity index (χ4v) is 1.79. The first kappa shape index (κ1) is 6.38. The molecule has 2 aliphatic rings. The number of fused-ring (bicyclic) bond motifs is 2. The van der Waals surface area contributed by atoms with Crippen molar-refractivity contribution in [2.75, 3.05) is 7.11 Å². The smallest absolute Gasteiger partial charge is 0.190 e. The van der Waals surface area contributed by atoms with Crippen LogP contribution in [0, 0.1) is 5.92 Å². The molecule has 10 heavy (non-hydrogen) atoms. The summed E-state index contributed by atoms with van der Waals surface area (Å²) in [4.78, 5) is 0. The Morgan fingerprint density at radius 2 is 2.50 bits per heavy atom. The second-order valence-electron chi connectivity index (χ2n) is 3.08. The predicted molar refractivity (Wildman–Crippen MR) is 37.5 cm³/mol. The lowest BCUT2D eigenvalue weighted by atomic mass is 9.93. The number of hydrogen-bond donors (Lipinski definition) is 0. The SMILES string of the molecule is COC12C=CC(CC1C)O2. The largest absolute Gasteiger partial charge is 0.349 e. The van der Waals surface area contributed by atoms with Crippen LogP contribution in [0.2, 0.25) is 0 Å². The molecular formula is C8H12O2. The lowest BCUT2D eigenvalue weighted by Gasteiger charge is -2.25. The van der Waals surface area contributed by atoms with Gasteiger partial charge in [-0.2, -0.15) is 0 Å². The molecule has 0 radical (unpaired) electrons. The molecule has 0 N–H and O–H groups in total. The van der Waals surface area contributed by atoms with Gasteiger partial charge in [0.2, 0.25) is 0 Å². The maximum Gasteiger partial charge on any atom is 0.190 e. The molecule has 0 amide bonds. The number of ether oxygens (including phenoxy) is 2. The topological polar surface area (TPSA) is 18.5 Å². The van der Waals surface area contributed by atoms with Gasteiger partial charge in [0.25, 0.3) is 0 Å². The van der Waals surface area contributed by atoms with E-state index in [-0.39, 0.29) is 5.79 Å². The lowest BCUT2D eigenvalue weighted by Crippen LogP contribution is -2.32. The number of hydrogen-bond acceptors (Lipinski definition) is 2. The highest BCUT2D eigenvalue weighted by atomic mass is 16.7. The van der Waals surface area contributed by atoms with Gasteiger partial charge in [-0.15, -0.1) is 0 Å². The van der Waals surface area contributed by atoms with Gasteiger partial charge in [-0.1, -0.05) is 13.0 Å². The number of methoxy groups -OCH3 is 1. The Morgan fingerprint density at radius 3 is 2.80 bits per heavy atom. The van der Waals surface area contributed by atoms with Crippen LogP contribution in [-0.4, -0.2) is 19.0 Å². The molecule has 2 rings (SSSR count).